The third-order valence-corrected chi connectivity index (χ3v) is 5.65. The Hall–Kier alpha value is -3.62. The van der Waals surface area contributed by atoms with Crippen LogP contribution in [-0.4, -0.2) is 44.5 Å². The lowest BCUT2D eigenvalue weighted by molar-refractivity contribution is -0.120. The van der Waals surface area contributed by atoms with Gasteiger partial charge in [0.25, 0.3) is 0 Å². The lowest BCUT2D eigenvalue weighted by Gasteiger charge is -2.16. The quantitative estimate of drug-likeness (QED) is 0.609. The van der Waals surface area contributed by atoms with E-state index >= 15 is 0 Å². The number of ether oxygens (including phenoxy) is 1. The molecule has 1 aliphatic heterocycles. The Kier molecular flexibility index (Phi) is 4.96. The van der Waals surface area contributed by atoms with Crippen LogP contribution in [0.4, 0.5) is 21.5 Å². The summed E-state index contributed by atoms with van der Waals surface area (Å²) >= 11 is 0. The lowest BCUT2D eigenvalue weighted by Crippen LogP contribution is -2.10. The number of carbonyl (C=O) groups is 1. The molecule has 3 aromatic rings. The average Bonchev–Trinajstić information content (AvgIpc) is 3.14. The van der Waals surface area contributed by atoms with Gasteiger partial charge >= 0.3 is 0 Å². The van der Waals surface area contributed by atoms with Crippen LogP contribution in [0.2, 0.25) is 0 Å². The molecular weight excluding hydrogens is 411 g/mol. The number of pyridine rings is 1. The number of nitrogens with zero attached hydrogens (tertiary/aromatic N) is 5. The fourth-order valence-electron chi connectivity index (χ4n) is 4.00. The van der Waals surface area contributed by atoms with E-state index in [1.54, 1.807) is 25.2 Å². The summed E-state index contributed by atoms with van der Waals surface area (Å²) in [4.78, 5) is 26.0. The van der Waals surface area contributed by atoms with E-state index in [4.69, 9.17) is 4.74 Å². The molecule has 0 saturated heterocycles. The molecule has 8 nitrogen and oxygen atoms in total. The molecule has 2 aromatic heterocycles. The van der Waals surface area contributed by atoms with Gasteiger partial charge in [-0.25, -0.2) is 9.37 Å². The number of aromatic nitrogens is 4. The van der Waals surface area contributed by atoms with Crippen LogP contribution in [0.5, 0.6) is 5.75 Å². The molecule has 5 rings (SSSR count). The van der Waals surface area contributed by atoms with Gasteiger partial charge in [0, 0.05) is 25.6 Å². The smallest absolute Gasteiger partial charge is 0.184 e. The summed E-state index contributed by atoms with van der Waals surface area (Å²) in [5, 5.41) is 7.79. The summed E-state index contributed by atoms with van der Waals surface area (Å²) in [6.45, 7) is 1.95. The lowest BCUT2D eigenvalue weighted by atomic mass is 10.1. The molecule has 3 heterocycles. The Morgan fingerprint density at radius 1 is 1.34 bits per heavy atom. The molecule has 32 heavy (non-hydrogen) atoms. The highest BCUT2D eigenvalue weighted by Gasteiger charge is 2.43. The normalized spacial score (nSPS) is 18.8. The molecule has 0 radical (unpaired) electrons. The maximum atomic E-state index is 13.3. The number of anilines is 2. The van der Waals surface area contributed by atoms with E-state index in [-0.39, 0.29) is 12.2 Å². The van der Waals surface area contributed by atoms with Gasteiger partial charge in [-0.2, -0.15) is 5.10 Å². The van der Waals surface area contributed by atoms with Crippen LogP contribution in [-0.2, 0) is 24.7 Å². The molecule has 9 heteroatoms. The summed E-state index contributed by atoms with van der Waals surface area (Å²) in [6.07, 6.45) is 1.68. The van der Waals surface area contributed by atoms with Gasteiger partial charge in [-0.1, -0.05) is 6.07 Å². The molecule has 1 N–H and O–H groups in total. The summed E-state index contributed by atoms with van der Waals surface area (Å²) in [7, 11) is 3.40. The second-order valence-corrected chi connectivity index (χ2v) is 8.23. The molecule has 0 bridgehead atoms. The zero-order valence-corrected chi connectivity index (χ0v) is 18.1. The van der Waals surface area contributed by atoms with Gasteiger partial charge in [-0.15, -0.1) is 0 Å². The van der Waals surface area contributed by atoms with Gasteiger partial charge in [0.15, 0.2) is 11.6 Å². The average molecular weight is 434 g/mol. The predicted molar refractivity (Wildman–Crippen MR) is 119 cm³/mol. The Bertz CT molecular complexity index is 1250. The van der Waals surface area contributed by atoms with Crippen molar-refractivity contribution in [3.8, 4) is 17.1 Å². The Morgan fingerprint density at radius 2 is 2.16 bits per heavy atom. The fourth-order valence-corrected chi connectivity index (χ4v) is 4.00. The first-order chi connectivity index (χ1) is 15.4. The van der Waals surface area contributed by atoms with Gasteiger partial charge in [0.2, 0.25) is 0 Å². The third-order valence-electron chi connectivity index (χ3n) is 5.65. The van der Waals surface area contributed by atoms with Crippen molar-refractivity contribution in [1.29, 1.82) is 0 Å². The number of fused-ring (bicyclic) bond motifs is 1. The summed E-state index contributed by atoms with van der Waals surface area (Å²) < 4.78 is 20.7. The number of methoxy groups -OCH3 is 1. The van der Waals surface area contributed by atoms with E-state index in [1.807, 2.05) is 31.2 Å². The molecule has 0 unspecified atom stereocenters. The topological polar surface area (TPSA) is 94.3 Å². The maximum Gasteiger partial charge on any atom is 0.184 e. The molecule has 2 atom stereocenters. The Labute approximate surface area is 184 Å². The van der Waals surface area contributed by atoms with Crippen LogP contribution >= 0.6 is 0 Å². The Morgan fingerprint density at radius 3 is 2.84 bits per heavy atom. The number of halogens is 1. The van der Waals surface area contributed by atoms with Crippen molar-refractivity contribution < 1.29 is 13.9 Å². The van der Waals surface area contributed by atoms with E-state index in [2.05, 4.69) is 25.4 Å². The van der Waals surface area contributed by atoms with Crippen LogP contribution in [0.15, 0.2) is 35.6 Å². The molecule has 164 valence electrons. The van der Waals surface area contributed by atoms with E-state index in [1.165, 1.54) is 0 Å². The molecule has 1 aliphatic carbocycles. The van der Waals surface area contributed by atoms with Gasteiger partial charge in [-0.3, -0.25) is 19.5 Å². The summed E-state index contributed by atoms with van der Waals surface area (Å²) in [5.74, 6) is 0.562. The van der Waals surface area contributed by atoms with Crippen molar-refractivity contribution in [2.45, 2.75) is 32.4 Å². The molecule has 1 aromatic carbocycles. The highest BCUT2D eigenvalue weighted by molar-refractivity contribution is 5.96. The largest absolute Gasteiger partial charge is 0.494 e. The van der Waals surface area contributed by atoms with Gasteiger partial charge in [-0.05, 0) is 31.5 Å². The number of carbonyl (C=O) groups excluding carboxylic acids is 1. The molecule has 1 saturated carbocycles. The minimum absolute atomic E-state index is 0.104. The SMILES string of the molecule is COc1c(Nc2cc(CC(=O)[C@H]3C[C@H]3F)nc3c2N=C(C)C3)cccc1-c1ncn(C)n1. The van der Waals surface area contributed by atoms with Crippen molar-refractivity contribution in [3.05, 3.63) is 42.0 Å². The number of aryl methyl sites for hydroxylation is 1. The number of nitrogens with one attached hydrogen (secondary N) is 1. The number of aliphatic imine (C=N–C) groups is 1. The van der Waals surface area contributed by atoms with E-state index in [9.17, 15) is 9.18 Å². The number of hydrogen-bond donors (Lipinski definition) is 1. The molecule has 0 amide bonds. The number of benzene rings is 1. The molecule has 0 spiro atoms. The van der Waals surface area contributed by atoms with Gasteiger partial charge in [0.1, 0.15) is 24.0 Å². The Balaban J connectivity index is 1.51. The molecule has 2 aliphatic rings. The first kappa shape index (κ1) is 20.3. The van der Waals surface area contributed by atoms with E-state index in [0.29, 0.717) is 35.8 Å². The zero-order valence-electron chi connectivity index (χ0n) is 18.1. The van der Waals surface area contributed by atoms with Gasteiger partial charge < -0.3 is 10.1 Å². The van der Waals surface area contributed by atoms with Crippen molar-refractivity contribution in [2.24, 2.45) is 18.0 Å². The number of para-hydroxylation sites is 1. The van der Waals surface area contributed by atoms with Crippen molar-refractivity contribution in [1.82, 2.24) is 19.7 Å². The van der Waals surface area contributed by atoms with Crippen LogP contribution < -0.4 is 10.1 Å². The minimum atomic E-state index is -1.01. The number of rotatable bonds is 7. The monoisotopic (exact) mass is 434 g/mol. The number of alkyl halides is 1. The van der Waals surface area contributed by atoms with Crippen LogP contribution in [0.3, 0.4) is 0 Å². The first-order valence-electron chi connectivity index (χ1n) is 10.5. The molecule has 1 fully saturated rings. The first-order valence-corrected chi connectivity index (χ1v) is 10.5. The predicted octanol–water partition coefficient (Wildman–Crippen LogP) is 3.75. The third kappa shape index (κ3) is 3.74. The van der Waals surface area contributed by atoms with Crippen molar-refractivity contribution >= 4 is 28.6 Å². The number of ketones is 1. The highest BCUT2D eigenvalue weighted by atomic mass is 19.1. The van der Waals surface area contributed by atoms with E-state index in [0.717, 1.165) is 28.3 Å². The van der Waals surface area contributed by atoms with Crippen LogP contribution in [0, 0.1) is 5.92 Å². The fraction of sp³-hybridized carbons (Fsp3) is 0.348. The second-order valence-electron chi connectivity index (χ2n) is 8.23. The van der Waals surface area contributed by atoms with Crippen molar-refractivity contribution in [3.63, 3.8) is 0 Å². The number of hydrogen-bond acceptors (Lipinski definition) is 7. The van der Waals surface area contributed by atoms with E-state index < -0.39 is 12.1 Å². The maximum absolute atomic E-state index is 13.3. The number of Topliss-reactive ketones (excluding diaryl/α,β-unsaturated/α-hetero) is 1. The zero-order chi connectivity index (χ0) is 22.4. The van der Waals surface area contributed by atoms with Gasteiger partial charge in [0.05, 0.1) is 41.4 Å². The summed E-state index contributed by atoms with van der Waals surface area (Å²) in [5.41, 5.74) is 5.31. The standard InChI is InChI=1S/C23H23FN6O2/c1-12-7-18-21(26-12)19(8-13(27-18)9-20(31)15-10-16(15)24)28-17-6-4-5-14(22(17)32-3)23-25-11-30(2)29-23/h4-6,8,11,15-16H,7,9-10H2,1-3H3,(H,27,28)/t15-,16+/m0/s1. The summed E-state index contributed by atoms with van der Waals surface area (Å²) in [6, 6.07) is 7.50. The second kappa shape index (κ2) is 7.81. The highest BCUT2D eigenvalue weighted by Crippen LogP contribution is 2.41. The van der Waals surface area contributed by atoms with Crippen LogP contribution in [0.1, 0.15) is 24.7 Å². The minimum Gasteiger partial charge on any atom is -0.494 e. The van der Waals surface area contributed by atoms with Crippen molar-refractivity contribution in [2.75, 3.05) is 12.4 Å². The molecular formula is C23H23FN6O2. The van der Waals surface area contributed by atoms with Crippen LogP contribution in [0.25, 0.3) is 11.4 Å².